The summed E-state index contributed by atoms with van der Waals surface area (Å²) >= 11 is 0. The lowest BCUT2D eigenvalue weighted by Gasteiger charge is -2.42. The molecule has 4 heteroatoms. The van der Waals surface area contributed by atoms with Crippen molar-refractivity contribution >= 4 is 5.91 Å². The average molecular weight is 296 g/mol. The van der Waals surface area contributed by atoms with E-state index < -0.39 is 0 Å². The maximum Gasteiger partial charge on any atom is 0.227 e. The standard InChI is InChI=1S/C17H32N2O2/c1-16(2,3)15(20)18-7-6-14(13-18)12-17(4,5)19-8-10-21-11-9-19/h14H,6-13H2,1-5H3. The Labute approximate surface area is 129 Å². The van der Waals surface area contributed by atoms with Crippen LogP contribution in [0.2, 0.25) is 0 Å². The third-order valence-corrected chi connectivity index (χ3v) is 4.87. The van der Waals surface area contributed by atoms with E-state index in [1.807, 2.05) is 20.8 Å². The molecule has 0 saturated carbocycles. The highest BCUT2D eigenvalue weighted by Gasteiger charge is 2.37. The predicted molar refractivity (Wildman–Crippen MR) is 85.2 cm³/mol. The van der Waals surface area contributed by atoms with Crippen LogP contribution >= 0.6 is 0 Å². The number of ether oxygens (including phenoxy) is 1. The average Bonchev–Trinajstić information content (AvgIpc) is 2.85. The molecular formula is C17H32N2O2. The molecule has 122 valence electrons. The fourth-order valence-corrected chi connectivity index (χ4v) is 3.66. The Kier molecular flexibility index (Phi) is 4.99. The quantitative estimate of drug-likeness (QED) is 0.801. The zero-order valence-corrected chi connectivity index (χ0v) is 14.4. The molecule has 4 nitrogen and oxygen atoms in total. The van der Waals surface area contributed by atoms with E-state index in [4.69, 9.17) is 4.74 Å². The van der Waals surface area contributed by atoms with Gasteiger partial charge in [-0.2, -0.15) is 0 Å². The van der Waals surface area contributed by atoms with Crippen molar-refractivity contribution in [2.75, 3.05) is 39.4 Å². The summed E-state index contributed by atoms with van der Waals surface area (Å²) in [4.78, 5) is 17.0. The summed E-state index contributed by atoms with van der Waals surface area (Å²) < 4.78 is 5.46. The zero-order chi connectivity index (χ0) is 15.7. The van der Waals surface area contributed by atoms with Crippen molar-refractivity contribution < 1.29 is 9.53 Å². The van der Waals surface area contributed by atoms with Crippen LogP contribution in [0.15, 0.2) is 0 Å². The highest BCUT2D eigenvalue weighted by molar-refractivity contribution is 5.81. The van der Waals surface area contributed by atoms with Crippen LogP contribution in [-0.2, 0) is 9.53 Å². The van der Waals surface area contributed by atoms with E-state index in [1.165, 1.54) is 6.42 Å². The smallest absolute Gasteiger partial charge is 0.227 e. The van der Waals surface area contributed by atoms with Gasteiger partial charge in [-0.25, -0.2) is 0 Å². The highest BCUT2D eigenvalue weighted by atomic mass is 16.5. The van der Waals surface area contributed by atoms with Crippen molar-refractivity contribution in [3.8, 4) is 0 Å². The van der Waals surface area contributed by atoms with Gasteiger partial charge in [-0.05, 0) is 32.6 Å². The summed E-state index contributed by atoms with van der Waals surface area (Å²) in [5.74, 6) is 0.934. The lowest BCUT2D eigenvalue weighted by molar-refractivity contribution is -0.138. The van der Waals surface area contributed by atoms with Gasteiger partial charge in [0, 0.05) is 37.1 Å². The van der Waals surface area contributed by atoms with E-state index in [2.05, 4.69) is 23.6 Å². The molecule has 0 N–H and O–H groups in total. The van der Waals surface area contributed by atoms with Gasteiger partial charge in [0.05, 0.1) is 13.2 Å². The monoisotopic (exact) mass is 296 g/mol. The Balaban J connectivity index is 1.88. The van der Waals surface area contributed by atoms with Crippen LogP contribution in [0.25, 0.3) is 0 Å². The highest BCUT2D eigenvalue weighted by Crippen LogP contribution is 2.31. The van der Waals surface area contributed by atoms with Gasteiger partial charge in [0.25, 0.3) is 0 Å². The van der Waals surface area contributed by atoms with Crippen molar-refractivity contribution in [3.63, 3.8) is 0 Å². The van der Waals surface area contributed by atoms with Gasteiger partial charge in [0.1, 0.15) is 0 Å². The SMILES string of the molecule is CC(C)(C)C(=O)N1CCC(CC(C)(C)N2CCOCC2)C1. The maximum absolute atomic E-state index is 12.4. The minimum atomic E-state index is -0.255. The Morgan fingerprint density at radius 2 is 1.71 bits per heavy atom. The topological polar surface area (TPSA) is 32.8 Å². The molecule has 2 heterocycles. The molecule has 0 spiro atoms. The summed E-state index contributed by atoms with van der Waals surface area (Å²) in [6.07, 6.45) is 2.32. The summed E-state index contributed by atoms with van der Waals surface area (Å²) in [7, 11) is 0. The van der Waals surface area contributed by atoms with Gasteiger partial charge >= 0.3 is 0 Å². The molecule has 0 aromatic carbocycles. The number of amides is 1. The minimum Gasteiger partial charge on any atom is -0.379 e. The van der Waals surface area contributed by atoms with Gasteiger partial charge in [0.2, 0.25) is 5.91 Å². The molecule has 0 radical (unpaired) electrons. The number of nitrogens with zero attached hydrogens (tertiary/aromatic N) is 2. The second kappa shape index (κ2) is 6.25. The van der Waals surface area contributed by atoms with Gasteiger partial charge in [0.15, 0.2) is 0 Å². The van der Waals surface area contributed by atoms with E-state index >= 15 is 0 Å². The van der Waals surface area contributed by atoms with Crippen molar-refractivity contribution in [1.82, 2.24) is 9.80 Å². The molecule has 2 aliphatic rings. The van der Waals surface area contributed by atoms with Crippen LogP contribution in [-0.4, -0.2) is 60.6 Å². The molecular weight excluding hydrogens is 264 g/mol. The molecule has 1 atom stereocenters. The molecule has 2 aliphatic heterocycles. The summed E-state index contributed by atoms with van der Waals surface area (Å²) in [5.41, 5.74) is -0.0517. The van der Waals surface area contributed by atoms with Gasteiger partial charge in [-0.1, -0.05) is 20.8 Å². The van der Waals surface area contributed by atoms with Crippen LogP contribution in [0.3, 0.4) is 0 Å². The largest absolute Gasteiger partial charge is 0.379 e. The van der Waals surface area contributed by atoms with E-state index in [-0.39, 0.29) is 11.0 Å². The zero-order valence-electron chi connectivity index (χ0n) is 14.4. The molecule has 0 aliphatic carbocycles. The van der Waals surface area contributed by atoms with Crippen LogP contribution in [0.4, 0.5) is 0 Å². The predicted octanol–water partition coefficient (Wildman–Crippen LogP) is 2.38. The van der Waals surface area contributed by atoms with Crippen LogP contribution < -0.4 is 0 Å². The molecule has 0 aromatic heterocycles. The van der Waals surface area contributed by atoms with Crippen LogP contribution in [0.5, 0.6) is 0 Å². The minimum absolute atomic E-state index is 0.204. The van der Waals surface area contributed by atoms with E-state index in [0.29, 0.717) is 11.8 Å². The molecule has 1 amide bonds. The first kappa shape index (κ1) is 16.8. The number of carbonyl (C=O) groups is 1. The number of hydrogen-bond acceptors (Lipinski definition) is 3. The third-order valence-electron chi connectivity index (χ3n) is 4.87. The molecule has 2 fully saturated rings. The Hall–Kier alpha value is -0.610. The molecule has 1 unspecified atom stereocenters. The molecule has 2 saturated heterocycles. The fourth-order valence-electron chi connectivity index (χ4n) is 3.66. The lowest BCUT2D eigenvalue weighted by Crippen LogP contribution is -2.50. The number of likely N-dealkylation sites (tertiary alicyclic amines) is 1. The summed E-state index contributed by atoms with van der Waals surface area (Å²) in [6, 6.07) is 0. The van der Waals surface area contributed by atoms with E-state index in [0.717, 1.165) is 45.8 Å². The second-order valence-corrected chi connectivity index (χ2v) is 8.27. The van der Waals surface area contributed by atoms with E-state index in [9.17, 15) is 4.79 Å². The fraction of sp³-hybridized carbons (Fsp3) is 0.941. The van der Waals surface area contributed by atoms with Gasteiger partial charge < -0.3 is 9.64 Å². The first-order chi connectivity index (χ1) is 9.70. The van der Waals surface area contributed by atoms with Gasteiger partial charge in [-0.15, -0.1) is 0 Å². The number of morpholine rings is 1. The van der Waals surface area contributed by atoms with Crippen molar-refractivity contribution in [3.05, 3.63) is 0 Å². The lowest BCUT2D eigenvalue weighted by atomic mass is 9.88. The summed E-state index contributed by atoms with van der Waals surface area (Å²) in [6.45, 7) is 16.4. The van der Waals surface area contributed by atoms with Crippen molar-refractivity contribution in [2.24, 2.45) is 11.3 Å². The Morgan fingerprint density at radius 1 is 1.10 bits per heavy atom. The normalized spacial score (nSPS) is 25.4. The number of rotatable bonds is 3. The van der Waals surface area contributed by atoms with Crippen molar-refractivity contribution in [2.45, 2.75) is 53.0 Å². The Morgan fingerprint density at radius 3 is 2.29 bits per heavy atom. The van der Waals surface area contributed by atoms with Gasteiger partial charge in [-0.3, -0.25) is 9.69 Å². The molecule has 21 heavy (non-hydrogen) atoms. The third kappa shape index (κ3) is 4.19. The molecule has 2 rings (SSSR count). The first-order valence-corrected chi connectivity index (χ1v) is 8.32. The van der Waals surface area contributed by atoms with Crippen molar-refractivity contribution in [1.29, 1.82) is 0 Å². The molecule has 0 aromatic rings. The number of carbonyl (C=O) groups excluding carboxylic acids is 1. The van der Waals surface area contributed by atoms with Crippen LogP contribution in [0, 0.1) is 11.3 Å². The van der Waals surface area contributed by atoms with E-state index in [1.54, 1.807) is 0 Å². The second-order valence-electron chi connectivity index (χ2n) is 8.27. The Bertz CT molecular complexity index is 367. The summed E-state index contributed by atoms with van der Waals surface area (Å²) in [5, 5.41) is 0. The maximum atomic E-state index is 12.4. The van der Waals surface area contributed by atoms with Crippen LogP contribution in [0.1, 0.15) is 47.5 Å². The molecule has 0 bridgehead atoms. The first-order valence-electron chi connectivity index (χ1n) is 8.32. The number of hydrogen-bond donors (Lipinski definition) is 0.